The van der Waals surface area contributed by atoms with Gasteiger partial charge in [0.25, 0.3) is 0 Å². The van der Waals surface area contributed by atoms with E-state index in [1.807, 2.05) is 0 Å². The number of benzene rings is 11. The molecule has 0 N–H and O–H groups in total. The average Bonchev–Trinajstić information content (AvgIpc) is 3.88. The summed E-state index contributed by atoms with van der Waals surface area (Å²) in [5.41, 5.74) is 13.1. The molecule has 0 aliphatic carbocycles. The van der Waals surface area contributed by atoms with Gasteiger partial charge in [-0.2, -0.15) is 0 Å². The Kier molecular flexibility index (Phi) is 7.91. The maximum Gasteiger partial charge on any atom is 0.136 e. The summed E-state index contributed by atoms with van der Waals surface area (Å²) in [5.74, 6) is 0. The average molecular weight is 803 g/mol. The molecular formula is C60H38N2O. The highest BCUT2D eigenvalue weighted by Crippen LogP contribution is 2.44. The highest BCUT2D eigenvalue weighted by molar-refractivity contribution is 6.12. The lowest BCUT2D eigenvalue weighted by Crippen LogP contribution is -2.11. The molecule has 11 aromatic carbocycles. The van der Waals surface area contributed by atoms with Gasteiger partial charge >= 0.3 is 0 Å². The largest absolute Gasteiger partial charge is 0.456 e. The lowest BCUT2D eigenvalue weighted by Gasteiger charge is -2.28. The molecule has 0 spiro atoms. The third kappa shape index (κ3) is 5.75. The lowest BCUT2D eigenvalue weighted by molar-refractivity contribution is 0.669. The molecule has 0 aliphatic rings. The Morgan fingerprint density at radius 2 is 0.937 bits per heavy atom. The zero-order valence-corrected chi connectivity index (χ0v) is 34.2. The minimum Gasteiger partial charge on any atom is -0.456 e. The van der Waals surface area contributed by atoms with Gasteiger partial charge < -0.3 is 13.9 Å². The Bertz CT molecular complexity index is 3870. The Morgan fingerprint density at radius 1 is 0.317 bits per heavy atom. The van der Waals surface area contributed by atoms with Gasteiger partial charge in [0, 0.05) is 44.2 Å². The molecule has 3 heteroatoms. The van der Waals surface area contributed by atoms with Gasteiger partial charge in [-0.25, -0.2) is 0 Å². The fraction of sp³-hybridized carbons (Fsp3) is 0. The monoisotopic (exact) mass is 802 g/mol. The molecule has 3 nitrogen and oxygen atoms in total. The number of fused-ring (bicyclic) bond motifs is 10. The van der Waals surface area contributed by atoms with Gasteiger partial charge in [-0.1, -0.05) is 152 Å². The number of para-hydroxylation sites is 3. The van der Waals surface area contributed by atoms with E-state index in [1.54, 1.807) is 0 Å². The summed E-state index contributed by atoms with van der Waals surface area (Å²) < 4.78 is 8.85. The van der Waals surface area contributed by atoms with E-state index in [0.29, 0.717) is 0 Å². The second-order valence-electron chi connectivity index (χ2n) is 16.5. The second-order valence-corrected chi connectivity index (χ2v) is 16.5. The van der Waals surface area contributed by atoms with Crippen LogP contribution in [0.25, 0.3) is 104 Å². The standard InChI is InChI=1S/C60H38N2O/c1-2-14-42-37-60-55(35-41(42)13-1)54-36-45(29-33-59(54)63-60)51-18-5-8-21-56(51)61(47-15-11-16-48(38-47)62-57-22-9-6-19-52(57)53-20-7-10-23-58(53)62)46-30-26-39(27-31-46)43-28-32-50-44(34-43)25-24-40-12-3-4-17-49(40)50/h1-38H. The summed E-state index contributed by atoms with van der Waals surface area (Å²) >= 11 is 0. The van der Waals surface area contributed by atoms with E-state index in [4.69, 9.17) is 4.42 Å². The van der Waals surface area contributed by atoms with Gasteiger partial charge in [-0.3, -0.25) is 0 Å². The first kappa shape index (κ1) is 35.4. The van der Waals surface area contributed by atoms with Crippen LogP contribution in [-0.2, 0) is 0 Å². The van der Waals surface area contributed by atoms with Crippen LogP contribution in [0, 0.1) is 0 Å². The molecule has 0 fully saturated rings. The fourth-order valence-electron chi connectivity index (χ4n) is 9.94. The normalized spacial score (nSPS) is 11.8. The minimum atomic E-state index is 0.884. The van der Waals surface area contributed by atoms with Crippen molar-refractivity contribution in [2.45, 2.75) is 0 Å². The summed E-state index contributed by atoms with van der Waals surface area (Å²) in [6.07, 6.45) is 0. The van der Waals surface area contributed by atoms with Crippen LogP contribution >= 0.6 is 0 Å². The molecule has 13 aromatic rings. The van der Waals surface area contributed by atoms with Crippen LogP contribution in [0.1, 0.15) is 0 Å². The number of furan rings is 1. The molecule has 2 heterocycles. The lowest BCUT2D eigenvalue weighted by atomic mass is 9.97. The van der Waals surface area contributed by atoms with Crippen molar-refractivity contribution in [2.24, 2.45) is 0 Å². The van der Waals surface area contributed by atoms with Crippen LogP contribution in [-0.4, -0.2) is 4.57 Å². The van der Waals surface area contributed by atoms with Crippen molar-refractivity contribution in [3.05, 3.63) is 231 Å². The smallest absolute Gasteiger partial charge is 0.136 e. The number of hydrogen-bond acceptors (Lipinski definition) is 2. The van der Waals surface area contributed by atoms with Gasteiger partial charge in [-0.15, -0.1) is 0 Å². The van der Waals surface area contributed by atoms with E-state index in [-0.39, 0.29) is 0 Å². The number of aromatic nitrogens is 1. The predicted octanol–water partition coefficient (Wildman–Crippen LogP) is 16.9. The molecule has 63 heavy (non-hydrogen) atoms. The molecule has 294 valence electrons. The van der Waals surface area contributed by atoms with Crippen LogP contribution in [0.3, 0.4) is 0 Å². The number of hydrogen-bond donors (Lipinski definition) is 0. The van der Waals surface area contributed by atoms with Gasteiger partial charge in [0.2, 0.25) is 0 Å². The van der Waals surface area contributed by atoms with Crippen LogP contribution in [0.2, 0.25) is 0 Å². The summed E-state index contributed by atoms with van der Waals surface area (Å²) in [6, 6.07) is 83.7. The molecule has 0 amide bonds. The molecule has 0 bridgehead atoms. The van der Waals surface area contributed by atoms with Crippen LogP contribution in [0.5, 0.6) is 0 Å². The first-order chi connectivity index (χ1) is 31.2. The molecule has 0 saturated heterocycles. The van der Waals surface area contributed by atoms with Crippen molar-refractivity contribution in [2.75, 3.05) is 4.90 Å². The number of rotatable bonds is 6. The predicted molar refractivity (Wildman–Crippen MR) is 266 cm³/mol. The summed E-state index contributed by atoms with van der Waals surface area (Å²) in [5, 5.41) is 12.1. The van der Waals surface area contributed by atoms with Crippen molar-refractivity contribution < 1.29 is 4.42 Å². The highest BCUT2D eigenvalue weighted by Gasteiger charge is 2.20. The highest BCUT2D eigenvalue weighted by atomic mass is 16.3. The molecule has 0 unspecified atom stereocenters. The topological polar surface area (TPSA) is 21.3 Å². The molecule has 0 saturated carbocycles. The first-order valence-corrected chi connectivity index (χ1v) is 21.6. The Balaban J connectivity index is 0.980. The maximum atomic E-state index is 6.45. The zero-order valence-electron chi connectivity index (χ0n) is 34.2. The van der Waals surface area contributed by atoms with Gasteiger partial charge in [-0.05, 0) is 128 Å². The molecule has 0 radical (unpaired) electrons. The molecule has 2 aromatic heterocycles. The van der Waals surface area contributed by atoms with E-state index in [9.17, 15) is 0 Å². The number of anilines is 3. The Morgan fingerprint density at radius 3 is 1.75 bits per heavy atom. The summed E-state index contributed by atoms with van der Waals surface area (Å²) in [4.78, 5) is 2.41. The Hall–Kier alpha value is -8.40. The first-order valence-electron chi connectivity index (χ1n) is 21.6. The van der Waals surface area contributed by atoms with Gasteiger partial charge in [0.05, 0.1) is 16.7 Å². The Labute approximate surface area is 363 Å². The molecule has 13 rings (SSSR count). The van der Waals surface area contributed by atoms with E-state index in [1.165, 1.54) is 65.3 Å². The number of nitrogens with zero attached hydrogens (tertiary/aromatic N) is 2. The van der Waals surface area contributed by atoms with Crippen LogP contribution in [0.4, 0.5) is 17.1 Å². The SMILES string of the molecule is c1cc(N(c2ccc(-c3ccc4c(ccc5ccccc54)c3)cc2)c2ccccc2-c2ccc3oc4cc5ccccc5cc4c3c2)cc(-n2c3ccccc3c3ccccc32)c1. The third-order valence-electron chi connectivity index (χ3n) is 12.9. The minimum absolute atomic E-state index is 0.884. The van der Waals surface area contributed by atoms with Crippen LogP contribution in [0.15, 0.2) is 235 Å². The summed E-state index contributed by atoms with van der Waals surface area (Å²) in [6.45, 7) is 0. The molecule has 0 aliphatic heterocycles. The van der Waals surface area contributed by atoms with Gasteiger partial charge in [0.1, 0.15) is 11.2 Å². The van der Waals surface area contributed by atoms with Gasteiger partial charge in [0.15, 0.2) is 0 Å². The van der Waals surface area contributed by atoms with Crippen LogP contribution < -0.4 is 4.90 Å². The molecular weight excluding hydrogens is 765 g/mol. The van der Waals surface area contributed by atoms with E-state index < -0.39 is 0 Å². The van der Waals surface area contributed by atoms with Crippen molar-refractivity contribution in [1.29, 1.82) is 0 Å². The van der Waals surface area contributed by atoms with E-state index in [2.05, 4.69) is 240 Å². The molecule has 0 atom stereocenters. The van der Waals surface area contributed by atoms with Crippen molar-refractivity contribution in [1.82, 2.24) is 4.57 Å². The quantitative estimate of drug-likeness (QED) is 0.156. The van der Waals surface area contributed by atoms with E-state index >= 15 is 0 Å². The maximum absolute atomic E-state index is 6.45. The summed E-state index contributed by atoms with van der Waals surface area (Å²) in [7, 11) is 0. The fourth-order valence-corrected chi connectivity index (χ4v) is 9.94. The van der Waals surface area contributed by atoms with Crippen molar-refractivity contribution >= 4 is 93.1 Å². The zero-order chi connectivity index (χ0) is 41.4. The van der Waals surface area contributed by atoms with E-state index in [0.717, 1.165) is 55.8 Å². The van der Waals surface area contributed by atoms with Crippen molar-refractivity contribution in [3.8, 4) is 27.9 Å². The second kappa shape index (κ2) is 14.1. The third-order valence-corrected chi connectivity index (χ3v) is 12.9. The van der Waals surface area contributed by atoms with Crippen molar-refractivity contribution in [3.63, 3.8) is 0 Å².